The minimum absolute atomic E-state index is 0.235. The summed E-state index contributed by atoms with van der Waals surface area (Å²) in [4.78, 5) is 1.30. The first-order valence-electron chi connectivity index (χ1n) is 8.19. The first-order valence-corrected chi connectivity index (χ1v) is 8.60. The molecule has 4 nitrogen and oxygen atoms in total. The lowest BCUT2D eigenvalue weighted by Gasteiger charge is -2.23. The quantitative estimate of drug-likeness (QED) is 0.656. The highest BCUT2D eigenvalue weighted by Gasteiger charge is 2.18. The van der Waals surface area contributed by atoms with Gasteiger partial charge in [-0.1, -0.05) is 12.1 Å². The third kappa shape index (κ3) is 5.99. The molecule has 2 rings (SSSR count). The zero-order valence-corrected chi connectivity index (χ0v) is 15.6. The first kappa shape index (κ1) is 19.1. The topological polar surface area (TPSA) is 37.7 Å². The van der Waals surface area contributed by atoms with Crippen LogP contribution in [0.25, 0.3) is 0 Å². The van der Waals surface area contributed by atoms with Gasteiger partial charge in [-0.15, -0.1) is 0 Å². The van der Waals surface area contributed by atoms with E-state index >= 15 is 0 Å². The predicted molar refractivity (Wildman–Crippen MR) is 102 cm³/mol. The van der Waals surface area contributed by atoms with Gasteiger partial charge < -0.3 is 20.3 Å². The molecule has 3 N–H and O–H groups in total. The average molecular weight is 362 g/mol. The van der Waals surface area contributed by atoms with E-state index in [9.17, 15) is 4.39 Å². The molecule has 1 atom stereocenters. The van der Waals surface area contributed by atoms with Crippen LogP contribution < -0.4 is 20.3 Å². The van der Waals surface area contributed by atoms with Crippen molar-refractivity contribution in [3.05, 3.63) is 65.5 Å². The molecule has 134 valence electrons. The number of methoxy groups -OCH3 is 1. The lowest BCUT2D eigenvalue weighted by Crippen LogP contribution is -3.07. The molecule has 0 amide bonds. The number of rotatable bonds is 7. The number of hydrogen-bond acceptors (Lipinski definition) is 2. The smallest absolute Gasteiger partial charge is 0.166 e. The molecule has 0 unspecified atom stereocenters. The highest BCUT2D eigenvalue weighted by atomic mass is 32.1. The van der Waals surface area contributed by atoms with Crippen molar-refractivity contribution in [2.45, 2.75) is 12.6 Å². The molecule has 0 aromatic heterocycles. The van der Waals surface area contributed by atoms with E-state index in [1.165, 1.54) is 22.6 Å². The molecule has 0 saturated heterocycles. The molecule has 0 radical (unpaired) electrons. The van der Waals surface area contributed by atoms with Crippen molar-refractivity contribution < 1.29 is 14.0 Å². The summed E-state index contributed by atoms with van der Waals surface area (Å²) in [5.41, 5.74) is 2.20. The lowest BCUT2D eigenvalue weighted by molar-refractivity contribution is -0.890. The van der Waals surface area contributed by atoms with Crippen molar-refractivity contribution in [2.24, 2.45) is 0 Å². The van der Waals surface area contributed by atoms with E-state index in [-0.39, 0.29) is 11.9 Å². The number of quaternary nitrogens is 1. The number of benzene rings is 2. The Morgan fingerprint density at radius 2 is 1.72 bits per heavy atom. The average Bonchev–Trinajstić information content (AvgIpc) is 2.61. The third-order valence-corrected chi connectivity index (χ3v) is 4.34. The zero-order valence-electron chi connectivity index (χ0n) is 14.8. The Labute approximate surface area is 154 Å². The van der Waals surface area contributed by atoms with Gasteiger partial charge in [-0.3, -0.25) is 0 Å². The molecule has 0 heterocycles. The van der Waals surface area contributed by atoms with Crippen LogP contribution in [0, 0.1) is 5.82 Å². The summed E-state index contributed by atoms with van der Waals surface area (Å²) in [6.07, 6.45) is 0. The SMILES string of the molecule is COc1ccc([C@H](CNC(=S)NCc2ccc(F)cc2)[NH+](C)C)cc1. The molecule has 0 fully saturated rings. The molecule has 25 heavy (non-hydrogen) atoms. The largest absolute Gasteiger partial charge is 0.497 e. The third-order valence-electron chi connectivity index (χ3n) is 4.05. The van der Waals surface area contributed by atoms with E-state index in [0.717, 1.165) is 11.3 Å². The molecule has 0 aliphatic rings. The number of thiocarbonyl (C=S) groups is 1. The Bertz CT molecular complexity index is 674. The van der Waals surface area contributed by atoms with Gasteiger partial charge in [0.1, 0.15) is 17.6 Å². The Morgan fingerprint density at radius 3 is 2.28 bits per heavy atom. The van der Waals surface area contributed by atoms with Gasteiger partial charge in [0, 0.05) is 12.1 Å². The fraction of sp³-hybridized carbons (Fsp3) is 0.316. The summed E-state index contributed by atoms with van der Waals surface area (Å²) >= 11 is 5.35. The summed E-state index contributed by atoms with van der Waals surface area (Å²) in [5, 5.41) is 7.01. The van der Waals surface area contributed by atoms with Crippen molar-refractivity contribution in [3.8, 4) is 5.75 Å². The predicted octanol–water partition coefficient (Wildman–Crippen LogP) is 1.68. The number of halogens is 1. The summed E-state index contributed by atoms with van der Waals surface area (Å²) in [6.45, 7) is 1.28. The Hall–Kier alpha value is -2.18. The first-order chi connectivity index (χ1) is 12.0. The monoisotopic (exact) mass is 362 g/mol. The second-order valence-electron chi connectivity index (χ2n) is 6.09. The van der Waals surface area contributed by atoms with Crippen LogP contribution in [0.15, 0.2) is 48.5 Å². The van der Waals surface area contributed by atoms with Gasteiger partial charge in [0.05, 0.1) is 27.7 Å². The van der Waals surface area contributed by atoms with Crippen LogP contribution in [0.3, 0.4) is 0 Å². The summed E-state index contributed by atoms with van der Waals surface area (Å²) in [5.74, 6) is 0.612. The van der Waals surface area contributed by atoms with Gasteiger partial charge in [0.2, 0.25) is 0 Å². The maximum absolute atomic E-state index is 12.9. The standard InChI is InChI=1S/C19H24FN3OS/c1-23(2)18(15-6-10-17(24-3)11-7-15)13-22-19(25)21-12-14-4-8-16(20)9-5-14/h4-11,18H,12-13H2,1-3H3,(H2,21,22,25)/p+1/t18-/m0/s1. The van der Waals surface area contributed by atoms with Crippen LogP contribution in [0.4, 0.5) is 4.39 Å². The minimum atomic E-state index is -0.235. The molecule has 2 aromatic rings. The number of nitrogens with one attached hydrogen (secondary N) is 3. The maximum atomic E-state index is 12.9. The second kappa shape index (κ2) is 9.34. The molecular formula is C19H25FN3OS+. The molecule has 6 heteroatoms. The minimum Gasteiger partial charge on any atom is -0.497 e. The van der Waals surface area contributed by atoms with E-state index in [1.54, 1.807) is 19.2 Å². The maximum Gasteiger partial charge on any atom is 0.166 e. The lowest BCUT2D eigenvalue weighted by atomic mass is 10.1. The van der Waals surface area contributed by atoms with Gasteiger partial charge in [0.25, 0.3) is 0 Å². The fourth-order valence-corrected chi connectivity index (χ4v) is 2.69. The number of hydrogen-bond donors (Lipinski definition) is 3. The fourth-order valence-electron chi connectivity index (χ4n) is 2.53. The van der Waals surface area contributed by atoms with Gasteiger partial charge in [0.15, 0.2) is 5.11 Å². The van der Waals surface area contributed by atoms with E-state index in [0.29, 0.717) is 18.2 Å². The van der Waals surface area contributed by atoms with Gasteiger partial charge in [-0.2, -0.15) is 0 Å². The molecule has 2 aromatic carbocycles. The molecule has 0 aliphatic carbocycles. The Morgan fingerprint density at radius 1 is 1.08 bits per heavy atom. The van der Waals surface area contributed by atoms with Crippen LogP contribution in [-0.2, 0) is 6.54 Å². The molecule has 0 bridgehead atoms. The van der Waals surface area contributed by atoms with Crippen molar-refractivity contribution in [1.29, 1.82) is 0 Å². The Kier molecular flexibility index (Phi) is 7.16. The second-order valence-corrected chi connectivity index (χ2v) is 6.50. The van der Waals surface area contributed by atoms with Crippen molar-refractivity contribution >= 4 is 17.3 Å². The zero-order chi connectivity index (χ0) is 18.2. The Balaban J connectivity index is 1.87. The highest BCUT2D eigenvalue weighted by molar-refractivity contribution is 7.80. The van der Waals surface area contributed by atoms with E-state index < -0.39 is 0 Å². The van der Waals surface area contributed by atoms with E-state index in [1.807, 2.05) is 12.1 Å². The number of likely N-dealkylation sites (N-methyl/N-ethyl adjacent to an activating group) is 1. The summed E-state index contributed by atoms with van der Waals surface area (Å²) in [6, 6.07) is 14.7. The van der Waals surface area contributed by atoms with E-state index in [2.05, 4.69) is 36.9 Å². The van der Waals surface area contributed by atoms with Crippen molar-refractivity contribution in [3.63, 3.8) is 0 Å². The molecule has 0 spiro atoms. The molecular weight excluding hydrogens is 337 g/mol. The highest BCUT2D eigenvalue weighted by Crippen LogP contribution is 2.15. The normalized spacial score (nSPS) is 11.9. The van der Waals surface area contributed by atoms with E-state index in [4.69, 9.17) is 17.0 Å². The number of ether oxygens (including phenoxy) is 1. The van der Waals surface area contributed by atoms with Crippen LogP contribution in [0.2, 0.25) is 0 Å². The van der Waals surface area contributed by atoms with Crippen LogP contribution in [-0.4, -0.2) is 32.9 Å². The van der Waals surface area contributed by atoms with Crippen molar-refractivity contribution in [1.82, 2.24) is 10.6 Å². The molecule has 0 aliphatic heterocycles. The molecule has 0 saturated carbocycles. The van der Waals surface area contributed by atoms with Crippen molar-refractivity contribution in [2.75, 3.05) is 27.7 Å². The van der Waals surface area contributed by atoms with Crippen LogP contribution >= 0.6 is 12.2 Å². The van der Waals surface area contributed by atoms with Gasteiger partial charge >= 0.3 is 0 Å². The van der Waals surface area contributed by atoms with Crippen LogP contribution in [0.5, 0.6) is 5.75 Å². The summed E-state index contributed by atoms with van der Waals surface area (Å²) in [7, 11) is 5.90. The van der Waals surface area contributed by atoms with Crippen LogP contribution in [0.1, 0.15) is 17.2 Å². The van der Waals surface area contributed by atoms with Gasteiger partial charge in [-0.05, 0) is 54.2 Å². The summed E-state index contributed by atoms with van der Waals surface area (Å²) < 4.78 is 18.1. The van der Waals surface area contributed by atoms with Gasteiger partial charge in [-0.25, -0.2) is 4.39 Å².